The Bertz CT molecular complexity index is 1860. The van der Waals surface area contributed by atoms with Gasteiger partial charge in [-0.2, -0.15) is 0 Å². The molecule has 0 spiro atoms. The van der Waals surface area contributed by atoms with Crippen molar-refractivity contribution in [3.63, 3.8) is 0 Å². The smallest absolute Gasteiger partial charge is 0.261 e. The lowest BCUT2D eigenvalue weighted by atomic mass is 9.78. The molecule has 0 saturated carbocycles. The Morgan fingerprint density at radius 3 is 1.60 bits per heavy atom. The van der Waals surface area contributed by atoms with E-state index in [0.717, 1.165) is 16.9 Å². The van der Waals surface area contributed by atoms with E-state index in [1.54, 1.807) is 7.11 Å². The number of hydrogen-bond acceptors (Lipinski definition) is 6. The summed E-state index contributed by atoms with van der Waals surface area (Å²) in [6.45, 7) is 28.8. The number of carbonyl (C=O) groups excluding carboxylic acids is 1. The van der Waals surface area contributed by atoms with Gasteiger partial charge in [0.25, 0.3) is 8.32 Å². The summed E-state index contributed by atoms with van der Waals surface area (Å²) in [5.74, 6) is 0.148. The van der Waals surface area contributed by atoms with Crippen LogP contribution in [0.25, 0.3) is 0 Å². The van der Waals surface area contributed by atoms with E-state index < -0.39 is 16.6 Å². The first-order valence-corrected chi connectivity index (χ1v) is 27.7. The molecule has 0 aromatic heterocycles. The minimum Gasteiger partial charge on any atom is -0.497 e. The number of primary amides is 1. The fourth-order valence-electron chi connectivity index (χ4n) is 8.84. The maximum Gasteiger partial charge on any atom is 0.261 e. The van der Waals surface area contributed by atoms with Gasteiger partial charge >= 0.3 is 0 Å². The van der Waals surface area contributed by atoms with Gasteiger partial charge in [0.05, 0.1) is 38.6 Å². The minimum atomic E-state index is -2.81. The highest BCUT2D eigenvalue weighted by molar-refractivity contribution is 6.99. The molecule has 7 atom stereocenters. The summed E-state index contributed by atoms with van der Waals surface area (Å²) >= 11 is 0. The second kappa shape index (κ2) is 22.9. The number of methoxy groups -OCH3 is 1. The number of nitrogens with two attached hydrogens (primary N) is 1. The van der Waals surface area contributed by atoms with Crippen molar-refractivity contribution in [2.75, 3.05) is 13.7 Å². The van der Waals surface area contributed by atoms with Gasteiger partial charge in [-0.25, -0.2) is 0 Å². The summed E-state index contributed by atoms with van der Waals surface area (Å²) in [7, 11) is -3.44. The third kappa shape index (κ3) is 13.2. The molecule has 9 heteroatoms. The Morgan fingerprint density at radius 2 is 1.15 bits per heavy atom. The fraction of sp³-hybridized carbons (Fsp3) is 0.528. The summed E-state index contributed by atoms with van der Waals surface area (Å²) in [6.07, 6.45) is 1.30. The Morgan fingerprint density at radius 1 is 0.661 bits per heavy atom. The highest BCUT2D eigenvalue weighted by Crippen LogP contribution is 2.42. The quantitative estimate of drug-likeness (QED) is 0.0705. The standard InChI is InChI=1S/C53H79NO6Si2/c1-14-44(51(54)55)36-39(2)49(57-38-43-30-32-45(56-11)33-31-43)41(4)50(58-37-42-24-18-15-19-25-42)40(3)48(60-61(12,13)52(5,6)7)34-35-59-62(53(8,9)10,46-26-20-16-21-27-46)47-28-22-17-23-29-47/h15-33,39-41,44,48-50H,14,34-38H2,1-13H3,(H2,54,55)/t39-,40-,41+,44-,48-,49-,50-/m0/s1. The number of ether oxygens (including phenoxy) is 3. The van der Waals surface area contributed by atoms with Crippen molar-refractivity contribution in [2.45, 2.75) is 143 Å². The number of rotatable bonds is 24. The maximum atomic E-state index is 12.6. The molecule has 4 rings (SSSR count). The number of carbonyl (C=O) groups is 1. The average Bonchev–Trinajstić information content (AvgIpc) is 3.24. The van der Waals surface area contributed by atoms with Crippen LogP contribution < -0.4 is 20.8 Å². The first kappa shape index (κ1) is 51.1. The molecule has 0 fully saturated rings. The van der Waals surface area contributed by atoms with E-state index in [9.17, 15) is 4.79 Å². The van der Waals surface area contributed by atoms with Crippen LogP contribution in [0.2, 0.25) is 23.2 Å². The highest BCUT2D eigenvalue weighted by atomic mass is 28.4. The fourth-order valence-corrected chi connectivity index (χ4v) is 14.9. The molecule has 2 N–H and O–H groups in total. The lowest BCUT2D eigenvalue weighted by molar-refractivity contribution is -0.129. The first-order valence-electron chi connectivity index (χ1n) is 22.9. The lowest BCUT2D eigenvalue weighted by Gasteiger charge is -2.46. The molecule has 0 unspecified atom stereocenters. The van der Waals surface area contributed by atoms with Crippen LogP contribution in [-0.4, -0.2) is 54.6 Å². The molecule has 0 heterocycles. The van der Waals surface area contributed by atoms with Gasteiger partial charge in [-0.15, -0.1) is 0 Å². The van der Waals surface area contributed by atoms with Gasteiger partial charge in [-0.05, 0) is 82.0 Å². The van der Waals surface area contributed by atoms with Gasteiger partial charge in [0.1, 0.15) is 5.75 Å². The normalized spacial score (nSPS) is 16.1. The molecule has 4 aromatic carbocycles. The molecule has 62 heavy (non-hydrogen) atoms. The summed E-state index contributed by atoms with van der Waals surface area (Å²) in [6, 6.07) is 40.1. The maximum absolute atomic E-state index is 12.6. The van der Waals surface area contributed by atoms with E-state index in [1.807, 2.05) is 37.3 Å². The Hall–Kier alpha value is -3.58. The van der Waals surface area contributed by atoms with Crippen molar-refractivity contribution in [1.82, 2.24) is 0 Å². The van der Waals surface area contributed by atoms with Crippen molar-refractivity contribution in [3.05, 3.63) is 126 Å². The van der Waals surface area contributed by atoms with E-state index in [4.69, 9.17) is 28.8 Å². The van der Waals surface area contributed by atoms with Gasteiger partial charge in [-0.1, -0.05) is 172 Å². The van der Waals surface area contributed by atoms with E-state index in [0.29, 0.717) is 39.1 Å². The van der Waals surface area contributed by atoms with Crippen molar-refractivity contribution in [1.29, 1.82) is 0 Å². The van der Waals surface area contributed by atoms with E-state index in [-0.39, 0.29) is 58.0 Å². The molecular formula is C53H79NO6Si2. The summed E-state index contributed by atoms with van der Waals surface area (Å²) in [5, 5.41) is 2.36. The van der Waals surface area contributed by atoms with Crippen LogP contribution in [0, 0.1) is 23.7 Å². The summed E-state index contributed by atoms with van der Waals surface area (Å²) in [4.78, 5) is 12.6. The third-order valence-electron chi connectivity index (χ3n) is 13.5. The first-order chi connectivity index (χ1) is 29.3. The van der Waals surface area contributed by atoms with Crippen molar-refractivity contribution < 1.29 is 27.9 Å². The molecule has 0 radical (unpaired) electrons. The van der Waals surface area contributed by atoms with E-state index in [2.05, 4.69) is 160 Å². The van der Waals surface area contributed by atoms with Gasteiger partial charge in [0, 0.05) is 24.4 Å². The largest absolute Gasteiger partial charge is 0.497 e. The SMILES string of the molecule is CC[C@@H](C[C@H](C)[C@H](OCc1ccc(OC)cc1)[C@@H](C)[C@@H](OCc1ccccc1)[C@@H](C)[C@H](CCO[Si](c1ccccc1)(c1ccccc1)C(C)(C)C)O[Si](C)(C)C(C)(C)C)C(N)=O. The summed E-state index contributed by atoms with van der Waals surface area (Å²) < 4.78 is 34.7. The van der Waals surface area contributed by atoms with Crippen LogP contribution in [0.4, 0.5) is 0 Å². The molecule has 340 valence electrons. The van der Waals surface area contributed by atoms with Gasteiger partial charge in [0.15, 0.2) is 8.32 Å². The van der Waals surface area contributed by atoms with Crippen LogP contribution >= 0.6 is 0 Å². The number of amides is 1. The molecule has 0 aliphatic carbocycles. The molecule has 4 aromatic rings. The third-order valence-corrected chi connectivity index (χ3v) is 23.1. The molecule has 1 amide bonds. The van der Waals surface area contributed by atoms with Crippen molar-refractivity contribution in [3.8, 4) is 5.75 Å². The Balaban J connectivity index is 1.79. The van der Waals surface area contributed by atoms with Crippen LogP contribution in [0.1, 0.15) is 99.6 Å². The van der Waals surface area contributed by atoms with E-state index in [1.165, 1.54) is 10.4 Å². The van der Waals surface area contributed by atoms with Crippen molar-refractivity contribution in [2.24, 2.45) is 29.4 Å². The van der Waals surface area contributed by atoms with Crippen LogP contribution in [0.15, 0.2) is 115 Å². The Labute approximate surface area is 377 Å². The van der Waals surface area contributed by atoms with Gasteiger partial charge in [-0.3, -0.25) is 4.79 Å². The van der Waals surface area contributed by atoms with Crippen molar-refractivity contribution >= 4 is 32.9 Å². The molecule has 0 aliphatic heterocycles. The monoisotopic (exact) mass is 882 g/mol. The second-order valence-electron chi connectivity index (χ2n) is 20.0. The highest BCUT2D eigenvalue weighted by Gasteiger charge is 2.51. The topological polar surface area (TPSA) is 89.2 Å². The minimum absolute atomic E-state index is 0.00830. The van der Waals surface area contributed by atoms with Gasteiger partial charge in [0.2, 0.25) is 5.91 Å². The van der Waals surface area contributed by atoms with Crippen LogP contribution in [0.5, 0.6) is 5.75 Å². The predicted octanol–water partition coefficient (Wildman–Crippen LogP) is 11.3. The average molecular weight is 882 g/mol. The second-order valence-corrected chi connectivity index (χ2v) is 29.1. The van der Waals surface area contributed by atoms with Gasteiger partial charge < -0.3 is 28.8 Å². The van der Waals surface area contributed by atoms with Crippen LogP contribution in [-0.2, 0) is 36.3 Å². The predicted molar refractivity (Wildman–Crippen MR) is 262 cm³/mol. The lowest BCUT2D eigenvalue weighted by Crippen LogP contribution is -2.66. The summed E-state index contributed by atoms with van der Waals surface area (Å²) in [5.41, 5.74) is 8.11. The number of benzene rings is 4. The zero-order chi connectivity index (χ0) is 45.7. The molecule has 0 saturated heterocycles. The molecular weight excluding hydrogens is 803 g/mol. The molecule has 0 bridgehead atoms. The number of hydrogen-bond donors (Lipinski definition) is 1. The van der Waals surface area contributed by atoms with Crippen LogP contribution in [0.3, 0.4) is 0 Å². The molecule has 0 aliphatic rings. The van der Waals surface area contributed by atoms with E-state index >= 15 is 0 Å². The Kier molecular flexibility index (Phi) is 18.8. The zero-order valence-corrected chi connectivity index (χ0v) is 42.3. The zero-order valence-electron chi connectivity index (χ0n) is 40.3. The molecule has 7 nitrogen and oxygen atoms in total.